The Hall–Kier alpha value is -2.07. The van der Waals surface area contributed by atoms with Gasteiger partial charge in [0.05, 0.1) is 5.56 Å². The molecule has 4 nitrogen and oxygen atoms in total. The van der Waals surface area contributed by atoms with Gasteiger partial charge >= 0.3 is 0 Å². The maximum absolute atomic E-state index is 12.2. The summed E-state index contributed by atoms with van der Waals surface area (Å²) in [7, 11) is 0. The Bertz CT molecular complexity index is 645. The van der Waals surface area contributed by atoms with Crippen LogP contribution < -0.4 is 11.1 Å². The van der Waals surface area contributed by atoms with Crippen molar-refractivity contribution in [2.75, 3.05) is 5.73 Å². The van der Waals surface area contributed by atoms with Crippen LogP contribution in [0.2, 0.25) is 0 Å². The van der Waals surface area contributed by atoms with Gasteiger partial charge in [-0.05, 0) is 36.5 Å². The van der Waals surface area contributed by atoms with Crippen molar-refractivity contribution in [3.8, 4) is 0 Å². The summed E-state index contributed by atoms with van der Waals surface area (Å²) in [6.07, 6.45) is 5.94. The molecule has 0 radical (unpaired) electrons. The number of aryl methyl sites for hydroxylation is 1. The number of fused-ring (bicyclic) bond motifs is 1. The first-order valence-electron chi connectivity index (χ1n) is 6.81. The molecule has 21 heavy (non-hydrogen) atoms. The molecule has 1 atom stereocenters. The molecule has 0 fully saturated rings. The molecule has 1 amide bonds. The summed E-state index contributed by atoms with van der Waals surface area (Å²) < 4.78 is 0. The molecule has 0 bridgehead atoms. The molecule has 1 aromatic carbocycles. The third-order valence-electron chi connectivity index (χ3n) is 3.78. The zero-order chi connectivity index (χ0) is 13.9. The van der Waals surface area contributed by atoms with Gasteiger partial charge in [0.15, 0.2) is 0 Å². The molecule has 3 rings (SSSR count). The molecule has 1 unspecified atom stereocenters. The number of nitrogens with zero attached hydrogens (tertiary/aromatic N) is 1. The fourth-order valence-electron chi connectivity index (χ4n) is 2.68. The zero-order valence-corrected chi connectivity index (χ0v) is 12.4. The van der Waals surface area contributed by atoms with Gasteiger partial charge in [0.25, 0.3) is 5.91 Å². The lowest BCUT2D eigenvalue weighted by Gasteiger charge is -2.25. The summed E-state index contributed by atoms with van der Waals surface area (Å²) in [5.41, 5.74) is 9.43. The Kier molecular flexibility index (Phi) is 4.81. The van der Waals surface area contributed by atoms with Crippen molar-refractivity contribution in [3.05, 3.63) is 59.4 Å². The van der Waals surface area contributed by atoms with Crippen molar-refractivity contribution in [2.24, 2.45) is 0 Å². The minimum absolute atomic E-state index is 0. The highest BCUT2D eigenvalue weighted by atomic mass is 35.5. The summed E-state index contributed by atoms with van der Waals surface area (Å²) in [4.78, 5) is 16.2. The number of aromatic nitrogens is 1. The minimum Gasteiger partial charge on any atom is -0.398 e. The number of hydrogen-bond acceptors (Lipinski definition) is 3. The van der Waals surface area contributed by atoms with E-state index in [1.54, 1.807) is 12.3 Å². The number of hydrogen-bond donors (Lipinski definition) is 2. The lowest BCUT2D eigenvalue weighted by atomic mass is 9.88. The average Bonchev–Trinajstić information content (AvgIpc) is 2.47. The Balaban J connectivity index is 0.00000161. The molecule has 3 N–H and O–H groups in total. The molecule has 0 spiro atoms. The van der Waals surface area contributed by atoms with E-state index >= 15 is 0 Å². The van der Waals surface area contributed by atoms with E-state index in [2.05, 4.69) is 28.5 Å². The topological polar surface area (TPSA) is 68.0 Å². The number of nitrogens with two attached hydrogens (primary N) is 1. The molecule has 0 saturated heterocycles. The van der Waals surface area contributed by atoms with Crippen LogP contribution in [0, 0.1) is 0 Å². The second-order valence-corrected chi connectivity index (χ2v) is 5.14. The van der Waals surface area contributed by atoms with E-state index < -0.39 is 0 Å². The first-order chi connectivity index (χ1) is 9.74. The highest BCUT2D eigenvalue weighted by Crippen LogP contribution is 2.21. The van der Waals surface area contributed by atoms with E-state index in [9.17, 15) is 4.79 Å². The number of nitrogens with one attached hydrogen (secondary N) is 1. The smallest absolute Gasteiger partial charge is 0.255 e. The molecule has 1 aliphatic carbocycles. The Morgan fingerprint density at radius 2 is 2.00 bits per heavy atom. The number of halogens is 1. The first-order valence-corrected chi connectivity index (χ1v) is 6.81. The lowest BCUT2D eigenvalue weighted by Crippen LogP contribution is -2.39. The van der Waals surface area contributed by atoms with Gasteiger partial charge in [-0.15, -0.1) is 12.4 Å². The summed E-state index contributed by atoms with van der Waals surface area (Å²) in [6, 6.07) is 10.2. The standard InChI is InChI=1S/C16H17N3O.ClH/c17-15-7-8-18-10-14(15)16(20)19-13-6-5-11-3-1-2-4-12(11)9-13;/h1-4,7-8,10,13H,5-6,9H2,(H2,17,18)(H,19,20);1H. The Labute approximate surface area is 130 Å². The lowest BCUT2D eigenvalue weighted by molar-refractivity contribution is 0.0934. The highest BCUT2D eigenvalue weighted by molar-refractivity contribution is 5.98. The predicted molar refractivity (Wildman–Crippen MR) is 85.6 cm³/mol. The van der Waals surface area contributed by atoms with Gasteiger partial charge in [0.1, 0.15) is 0 Å². The third-order valence-corrected chi connectivity index (χ3v) is 3.78. The summed E-state index contributed by atoms with van der Waals surface area (Å²) in [5.74, 6) is -0.139. The maximum Gasteiger partial charge on any atom is 0.255 e. The van der Waals surface area contributed by atoms with Crippen molar-refractivity contribution in [3.63, 3.8) is 0 Å². The van der Waals surface area contributed by atoms with Crippen molar-refractivity contribution < 1.29 is 4.79 Å². The fourth-order valence-corrected chi connectivity index (χ4v) is 2.68. The van der Waals surface area contributed by atoms with E-state index in [1.807, 2.05) is 6.07 Å². The molecular formula is C16H18ClN3O. The number of rotatable bonds is 2. The predicted octanol–water partition coefficient (Wildman–Crippen LogP) is 2.37. The number of carbonyl (C=O) groups excluding carboxylic acids is 1. The van der Waals surface area contributed by atoms with Crippen molar-refractivity contribution in [1.82, 2.24) is 10.3 Å². The van der Waals surface area contributed by atoms with Gasteiger partial charge in [-0.1, -0.05) is 24.3 Å². The number of benzene rings is 1. The van der Waals surface area contributed by atoms with E-state index in [1.165, 1.54) is 17.3 Å². The average molecular weight is 304 g/mol. The van der Waals surface area contributed by atoms with Crippen LogP contribution in [0.15, 0.2) is 42.7 Å². The third kappa shape index (κ3) is 3.34. The molecule has 5 heteroatoms. The molecule has 0 saturated carbocycles. The van der Waals surface area contributed by atoms with E-state index in [0.717, 1.165) is 19.3 Å². The normalized spacial score (nSPS) is 16.5. The van der Waals surface area contributed by atoms with Gasteiger partial charge in [-0.25, -0.2) is 0 Å². The number of anilines is 1. The second-order valence-electron chi connectivity index (χ2n) is 5.14. The van der Waals surface area contributed by atoms with E-state index in [0.29, 0.717) is 11.3 Å². The molecule has 1 aromatic heterocycles. The van der Waals surface area contributed by atoms with E-state index in [-0.39, 0.29) is 24.4 Å². The van der Waals surface area contributed by atoms with Crippen LogP contribution in [0.3, 0.4) is 0 Å². The van der Waals surface area contributed by atoms with Gasteiger partial charge in [-0.3, -0.25) is 9.78 Å². The van der Waals surface area contributed by atoms with Crippen LogP contribution in [-0.4, -0.2) is 16.9 Å². The SMILES string of the molecule is Cl.Nc1ccncc1C(=O)NC1CCc2ccccc2C1. The van der Waals surface area contributed by atoms with Crippen LogP contribution in [-0.2, 0) is 12.8 Å². The largest absolute Gasteiger partial charge is 0.398 e. The molecule has 2 aromatic rings. The van der Waals surface area contributed by atoms with Gasteiger partial charge < -0.3 is 11.1 Å². The zero-order valence-electron chi connectivity index (χ0n) is 11.6. The minimum atomic E-state index is -0.139. The van der Waals surface area contributed by atoms with Crippen LogP contribution in [0.5, 0.6) is 0 Å². The number of pyridine rings is 1. The summed E-state index contributed by atoms with van der Waals surface area (Å²) in [6.45, 7) is 0. The van der Waals surface area contributed by atoms with Crippen molar-refractivity contribution >= 4 is 24.0 Å². The highest BCUT2D eigenvalue weighted by Gasteiger charge is 2.21. The second kappa shape index (κ2) is 6.59. The van der Waals surface area contributed by atoms with E-state index in [4.69, 9.17) is 5.73 Å². The van der Waals surface area contributed by atoms with Crippen LogP contribution in [0.4, 0.5) is 5.69 Å². The Morgan fingerprint density at radius 3 is 2.76 bits per heavy atom. The van der Waals surface area contributed by atoms with Crippen molar-refractivity contribution in [1.29, 1.82) is 0 Å². The summed E-state index contributed by atoms with van der Waals surface area (Å²) in [5, 5.41) is 3.06. The number of carbonyl (C=O) groups is 1. The van der Waals surface area contributed by atoms with Gasteiger partial charge in [-0.2, -0.15) is 0 Å². The van der Waals surface area contributed by atoms with Gasteiger partial charge in [0, 0.05) is 24.1 Å². The summed E-state index contributed by atoms with van der Waals surface area (Å²) >= 11 is 0. The Morgan fingerprint density at radius 1 is 1.24 bits per heavy atom. The van der Waals surface area contributed by atoms with Crippen LogP contribution in [0.1, 0.15) is 27.9 Å². The molecular weight excluding hydrogens is 286 g/mol. The van der Waals surface area contributed by atoms with Crippen molar-refractivity contribution in [2.45, 2.75) is 25.3 Å². The van der Waals surface area contributed by atoms with Gasteiger partial charge in [0.2, 0.25) is 0 Å². The van der Waals surface area contributed by atoms with Crippen LogP contribution >= 0.6 is 12.4 Å². The van der Waals surface area contributed by atoms with Crippen LogP contribution in [0.25, 0.3) is 0 Å². The molecule has 1 heterocycles. The molecule has 0 aliphatic heterocycles. The molecule has 1 aliphatic rings. The maximum atomic E-state index is 12.2. The monoisotopic (exact) mass is 303 g/mol. The molecule has 110 valence electrons. The number of amides is 1. The fraction of sp³-hybridized carbons (Fsp3) is 0.250. The number of nitrogen functional groups attached to an aromatic ring is 1. The first kappa shape index (κ1) is 15.3. The quantitative estimate of drug-likeness (QED) is 0.895.